The van der Waals surface area contributed by atoms with Crippen molar-refractivity contribution in [2.75, 3.05) is 0 Å². The van der Waals surface area contributed by atoms with E-state index in [1.165, 1.54) is 35.1 Å². The number of aromatic nitrogens is 2. The lowest BCUT2D eigenvalue weighted by atomic mass is 9.58. The van der Waals surface area contributed by atoms with E-state index in [4.69, 9.17) is 9.97 Å². The number of fused-ring (bicyclic) bond motifs is 3. The second kappa shape index (κ2) is 8.24. The Kier molecular flexibility index (Phi) is 4.70. The molecule has 2 nitrogen and oxygen atoms in total. The van der Waals surface area contributed by atoms with Crippen molar-refractivity contribution in [1.29, 1.82) is 0 Å². The molecule has 4 aromatic rings. The highest BCUT2D eigenvalue weighted by molar-refractivity contribution is 6.04. The Morgan fingerprint density at radius 1 is 0.811 bits per heavy atom. The van der Waals surface area contributed by atoms with E-state index in [0.717, 1.165) is 51.8 Å². The van der Waals surface area contributed by atoms with Gasteiger partial charge in [0.25, 0.3) is 0 Å². The van der Waals surface area contributed by atoms with Crippen molar-refractivity contribution >= 4 is 27.4 Å². The van der Waals surface area contributed by atoms with Gasteiger partial charge in [-0.3, -0.25) is 4.98 Å². The maximum absolute atomic E-state index is 5.05. The van der Waals surface area contributed by atoms with E-state index in [1.54, 1.807) is 5.57 Å². The van der Waals surface area contributed by atoms with Gasteiger partial charge in [0.1, 0.15) is 0 Å². The first-order valence-corrected chi connectivity index (χ1v) is 13.6. The third kappa shape index (κ3) is 3.32. The first kappa shape index (κ1) is 21.1. The molecule has 37 heavy (non-hydrogen) atoms. The molecule has 8 rings (SSSR count). The summed E-state index contributed by atoms with van der Waals surface area (Å²) in [5.74, 6) is 1.88. The minimum atomic E-state index is 0.555. The Bertz CT molecular complexity index is 1730. The van der Waals surface area contributed by atoms with Crippen LogP contribution in [-0.4, -0.2) is 9.97 Å². The Morgan fingerprint density at radius 3 is 2.65 bits per heavy atom. The lowest BCUT2D eigenvalue weighted by Gasteiger charge is -2.46. The van der Waals surface area contributed by atoms with Gasteiger partial charge in [0.2, 0.25) is 0 Å². The van der Waals surface area contributed by atoms with Crippen molar-refractivity contribution in [1.82, 2.24) is 9.97 Å². The average Bonchev–Trinajstić information content (AvgIpc) is 3.19. The Hall–Kier alpha value is -4.04. The number of nitrogens with zero attached hydrogens (tertiary/aromatic N) is 2. The number of pyridine rings is 2. The molecule has 2 aromatic heterocycles. The molecule has 0 spiro atoms. The molecule has 3 unspecified atom stereocenters. The summed E-state index contributed by atoms with van der Waals surface area (Å²) in [6, 6.07) is 21.4. The van der Waals surface area contributed by atoms with Gasteiger partial charge >= 0.3 is 0 Å². The normalized spacial score (nSPS) is 24.1. The Labute approximate surface area is 217 Å². The van der Waals surface area contributed by atoms with Crippen LogP contribution in [0.4, 0.5) is 0 Å². The second-order valence-corrected chi connectivity index (χ2v) is 10.9. The van der Waals surface area contributed by atoms with Gasteiger partial charge in [-0.05, 0) is 66.4 Å². The zero-order valence-electron chi connectivity index (χ0n) is 20.8. The number of hydrogen-bond donors (Lipinski definition) is 0. The molecular weight excluding hydrogens is 448 g/mol. The minimum absolute atomic E-state index is 0.555. The van der Waals surface area contributed by atoms with Gasteiger partial charge in [0.05, 0.1) is 16.7 Å². The van der Waals surface area contributed by atoms with Crippen LogP contribution >= 0.6 is 0 Å². The van der Waals surface area contributed by atoms with Gasteiger partial charge in [0.15, 0.2) is 0 Å². The molecule has 1 fully saturated rings. The Morgan fingerprint density at radius 2 is 1.70 bits per heavy atom. The van der Waals surface area contributed by atoms with Crippen LogP contribution in [0.2, 0.25) is 0 Å². The van der Waals surface area contributed by atoms with Crippen LogP contribution in [0.1, 0.15) is 31.2 Å². The molecule has 0 bridgehead atoms. The number of rotatable bonds is 2. The predicted octanol–water partition coefficient (Wildman–Crippen LogP) is 8.63. The van der Waals surface area contributed by atoms with Gasteiger partial charge < -0.3 is 0 Å². The monoisotopic (exact) mass is 476 g/mol. The van der Waals surface area contributed by atoms with E-state index >= 15 is 0 Å². The first-order chi connectivity index (χ1) is 18.3. The molecule has 4 aliphatic rings. The van der Waals surface area contributed by atoms with Crippen LogP contribution in [0.3, 0.4) is 0 Å². The molecular formula is C35H28N2. The summed E-state index contributed by atoms with van der Waals surface area (Å²) < 4.78 is 0. The van der Waals surface area contributed by atoms with Crippen LogP contribution in [0.15, 0.2) is 120 Å². The molecule has 0 radical (unpaired) electrons. The van der Waals surface area contributed by atoms with Crippen molar-refractivity contribution in [2.24, 2.45) is 17.8 Å². The fourth-order valence-electron chi connectivity index (χ4n) is 7.16. The molecule has 0 saturated heterocycles. The van der Waals surface area contributed by atoms with E-state index < -0.39 is 0 Å². The summed E-state index contributed by atoms with van der Waals surface area (Å²) >= 11 is 0. The first-order valence-electron chi connectivity index (χ1n) is 13.6. The van der Waals surface area contributed by atoms with Gasteiger partial charge in [-0.25, -0.2) is 4.98 Å². The van der Waals surface area contributed by atoms with E-state index in [0.29, 0.717) is 11.8 Å². The minimum Gasteiger partial charge on any atom is -0.253 e. The van der Waals surface area contributed by atoms with Crippen LogP contribution in [0.25, 0.3) is 38.6 Å². The summed E-state index contributed by atoms with van der Waals surface area (Å²) in [5, 5.41) is 2.28. The van der Waals surface area contributed by atoms with Crippen molar-refractivity contribution < 1.29 is 0 Å². The molecule has 2 heterocycles. The zero-order valence-corrected chi connectivity index (χ0v) is 20.8. The van der Waals surface area contributed by atoms with Crippen molar-refractivity contribution in [2.45, 2.75) is 25.7 Å². The molecule has 0 N–H and O–H groups in total. The molecule has 0 amide bonds. The molecule has 4 aliphatic carbocycles. The maximum atomic E-state index is 5.05. The third-order valence-corrected chi connectivity index (χ3v) is 8.90. The number of benzene rings is 2. The topological polar surface area (TPSA) is 25.8 Å². The lowest BCUT2D eigenvalue weighted by Crippen LogP contribution is -2.35. The molecule has 2 aromatic carbocycles. The summed E-state index contributed by atoms with van der Waals surface area (Å²) in [5.41, 5.74) is 11.4. The highest BCUT2D eigenvalue weighted by atomic mass is 14.8. The fourth-order valence-corrected chi connectivity index (χ4v) is 7.16. The quantitative estimate of drug-likeness (QED) is 0.214. The van der Waals surface area contributed by atoms with Gasteiger partial charge in [-0.15, -0.1) is 0 Å². The van der Waals surface area contributed by atoms with Crippen LogP contribution in [0, 0.1) is 17.8 Å². The van der Waals surface area contributed by atoms with Crippen LogP contribution in [0.5, 0.6) is 0 Å². The standard InChI is InChI=1S/C35H28N2/c1-2-6-22(7-3-1)31-19-16-26-12-13-27-20-28(21-36-34(27)35(26)37-31)29-17-14-25-11-10-23-8-4-5-9-24-15-18-30(29)33(25)32(23)24/h1-3,5-9,12-13,15-21,25,32-33H,4,10-11,14H2. The van der Waals surface area contributed by atoms with E-state index in [-0.39, 0.29) is 0 Å². The van der Waals surface area contributed by atoms with Crippen LogP contribution < -0.4 is 0 Å². The Balaban J connectivity index is 1.24. The SMILES string of the molecule is C1=CC2=CC=C3C(c4cnc5c(ccc6ccc(-c7ccccc7)nc65)c4)=CCC4CCC(=CC1)C2C34. The summed E-state index contributed by atoms with van der Waals surface area (Å²) in [6.07, 6.45) is 21.4. The van der Waals surface area contributed by atoms with E-state index in [1.807, 2.05) is 6.07 Å². The molecule has 3 atom stereocenters. The van der Waals surface area contributed by atoms with E-state index in [9.17, 15) is 0 Å². The maximum Gasteiger partial charge on any atom is 0.0972 e. The predicted molar refractivity (Wildman–Crippen MR) is 153 cm³/mol. The van der Waals surface area contributed by atoms with Crippen molar-refractivity contribution in [3.63, 3.8) is 0 Å². The summed E-state index contributed by atoms with van der Waals surface area (Å²) in [7, 11) is 0. The fraction of sp³-hybridized carbons (Fsp3) is 0.200. The number of allylic oxidation sites excluding steroid dienone is 10. The molecule has 2 heteroatoms. The highest BCUT2D eigenvalue weighted by Crippen LogP contribution is 2.55. The lowest BCUT2D eigenvalue weighted by molar-refractivity contribution is 0.261. The van der Waals surface area contributed by atoms with Gasteiger partial charge in [0, 0.05) is 34.0 Å². The van der Waals surface area contributed by atoms with Crippen molar-refractivity contribution in [3.8, 4) is 11.3 Å². The molecule has 1 saturated carbocycles. The number of hydrogen-bond acceptors (Lipinski definition) is 2. The smallest absolute Gasteiger partial charge is 0.0972 e. The van der Waals surface area contributed by atoms with Gasteiger partial charge in [-0.1, -0.05) is 90.6 Å². The van der Waals surface area contributed by atoms with Gasteiger partial charge in [-0.2, -0.15) is 0 Å². The summed E-state index contributed by atoms with van der Waals surface area (Å²) in [6.45, 7) is 0. The van der Waals surface area contributed by atoms with Crippen LogP contribution in [-0.2, 0) is 0 Å². The second-order valence-electron chi connectivity index (χ2n) is 10.9. The van der Waals surface area contributed by atoms with Crippen molar-refractivity contribution in [3.05, 3.63) is 126 Å². The molecule has 178 valence electrons. The largest absolute Gasteiger partial charge is 0.253 e. The van der Waals surface area contributed by atoms with E-state index in [2.05, 4.69) is 97.3 Å². The highest BCUT2D eigenvalue weighted by Gasteiger charge is 2.43. The molecule has 0 aliphatic heterocycles. The average molecular weight is 477 g/mol. The summed E-state index contributed by atoms with van der Waals surface area (Å²) in [4.78, 5) is 10.1. The zero-order chi connectivity index (χ0) is 24.3. The third-order valence-electron chi connectivity index (χ3n) is 8.90.